The van der Waals surface area contributed by atoms with Gasteiger partial charge in [0.1, 0.15) is 0 Å². The summed E-state index contributed by atoms with van der Waals surface area (Å²) in [5.74, 6) is 0. The van der Waals surface area contributed by atoms with Gasteiger partial charge in [0.15, 0.2) is 0 Å². The Hall–Kier alpha value is -0.770. The first-order valence-electron chi connectivity index (χ1n) is 4.52. The van der Waals surface area contributed by atoms with Crippen molar-refractivity contribution in [2.75, 3.05) is 20.3 Å². The fourth-order valence-electron chi connectivity index (χ4n) is 1.48. The van der Waals surface area contributed by atoms with Gasteiger partial charge in [-0.1, -0.05) is 0 Å². The molecule has 0 spiro atoms. The number of nitrogens with one attached hydrogen (secondary N) is 1. The van der Waals surface area contributed by atoms with Crippen molar-refractivity contribution in [3.05, 3.63) is 0 Å². The molecule has 13 heavy (non-hydrogen) atoms. The van der Waals surface area contributed by atoms with Crippen molar-refractivity contribution in [3.63, 3.8) is 0 Å². The zero-order valence-corrected chi connectivity index (χ0v) is 8.76. The predicted molar refractivity (Wildman–Crippen MR) is 50.7 cm³/mol. The summed E-state index contributed by atoms with van der Waals surface area (Å²) in [4.78, 5) is 13.3. The molecule has 1 fully saturated rings. The van der Waals surface area contributed by atoms with Crippen molar-refractivity contribution in [1.82, 2.24) is 10.2 Å². The molecule has 4 nitrogen and oxygen atoms in total. The number of urea groups is 1. The van der Waals surface area contributed by atoms with Crippen molar-refractivity contribution in [2.45, 2.75) is 32.4 Å². The van der Waals surface area contributed by atoms with Crippen LogP contribution in [0.3, 0.4) is 0 Å². The molecule has 1 aliphatic rings. The molecule has 0 radical (unpaired) electrons. The Labute approximate surface area is 79.2 Å². The summed E-state index contributed by atoms with van der Waals surface area (Å²) in [6.07, 6.45) is 0. The Morgan fingerprint density at radius 2 is 2.23 bits per heavy atom. The van der Waals surface area contributed by atoms with Gasteiger partial charge >= 0.3 is 6.03 Å². The van der Waals surface area contributed by atoms with Gasteiger partial charge < -0.3 is 15.0 Å². The molecule has 0 aromatic heterocycles. The van der Waals surface area contributed by atoms with E-state index in [4.69, 9.17) is 4.74 Å². The van der Waals surface area contributed by atoms with Crippen LogP contribution in [-0.4, -0.2) is 42.8 Å². The van der Waals surface area contributed by atoms with E-state index in [-0.39, 0.29) is 17.6 Å². The molecule has 2 amide bonds. The highest BCUT2D eigenvalue weighted by Gasteiger charge is 2.35. The fraction of sp³-hybridized carbons (Fsp3) is 0.889. The van der Waals surface area contributed by atoms with E-state index in [0.29, 0.717) is 6.61 Å². The third-order valence-corrected chi connectivity index (χ3v) is 2.15. The van der Waals surface area contributed by atoms with Crippen molar-refractivity contribution in [1.29, 1.82) is 0 Å². The molecule has 4 heteroatoms. The number of nitrogens with zero attached hydrogens (tertiary/aromatic N) is 1. The van der Waals surface area contributed by atoms with Gasteiger partial charge in [-0.25, -0.2) is 4.79 Å². The van der Waals surface area contributed by atoms with Crippen molar-refractivity contribution in [3.8, 4) is 0 Å². The summed E-state index contributed by atoms with van der Waals surface area (Å²) in [5.41, 5.74) is -0.105. The summed E-state index contributed by atoms with van der Waals surface area (Å²) >= 11 is 0. The molecule has 1 heterocycles. The maximum atomic E-state index is 11.5. The van der Waals surface area contributed by atoms with Crippen LogP contribution in [0.4, 0.5) is 4.79 Å². The Morgan fingerprint density at radius 3 is 2.62 bits per heavy atom. The van der Waals surface area contributed by atoms with E-state index in [9.17, 15) is 4.79 Å². The van der Waals surface area contributed by atoms with E-state index < -0.39 is 0 Å². The second-order valence-electron chi connectivity index (χ2n) is 4.38. The molecule has 76 valence electrons. The Balaban J connectivity index is 2.57. The van der Waals surface area contributed by atoms with Gasteiger partial charge in [0.05, 0.1) is 12.6 Å². The van der Waals surface area contributed by atoms with Crippen LogP contribution in [0.5, 0.6) is 0 Å². The van der Waals surface area contributed by atoms with Crippen LogP contribution in [0.15, 0.2) is 0 Å². The fourth-order valence-corrected chi connectivity index (χ4v) is 1.48. The molecule has 1 N–H and O–H groups in total. The molecule has 1 aliphatic heterocycles. The Kier molecular flexibility index (Phi) is 2.81. The number of ether oxygens (including phenoxy) is 1. The first-order chi connectivity index (χ1) is 5.95. The Bertz CT molecular complexity index is 198. The minimum absolute atomic E-state index is 0.00884. The van der Waals surface area contributed by atoms with E-state index in [2.05, 4.69) is 5.32 Å². The normalized spacial score (nSPS) is 23.5. The summed E-state index contributed by atoms with van der Waals surface area (Å²) < 4.78 is 4.99. The lowest BCUT2D eigenvalue weighted by Crippen LogP contribution is -2.43. The molecule has 0 aromatic carbocycles. The van der Waals surface area contributed by atoms with E-state index in [1.165, 1.54) is 0 Å². The van der Waals surface area contributed by atoms with Crippen LogP contribution in [0.25, 0.3) is 0 Å². The summed E-state index contributed by atoms with van der Waals surface area (Å²) in [5, 5.41) is 2.87. The lowest BCUT2D eigenvalue weighted by atomic mass is 10.1. The first kappa shape index (κ1) is 10.3. The van der Waals surface area contributed by atoms with Gasteiger partial charge in [-0.05, 0) is 20.8 Å². The largest absolute Gasteiger partial charge is 0.382 e. The van der Waals surface area contributed by atoms with Gasteiger partial charge in [-0.2, -0.15) is 0 Å². The van der Waals surface area contributed by atoms with Crippen LogP contribution in [0.1, 0.15) is 20.8 Å². The van der Waals surface area contributed by atoms with Gasteiger partial charge in [0.25, 0.3) is 0 Å². The average molecular weight is 186 g/mol. The monoisotopic (exact) mass is 186 g/mol. The topological polar surface area (TPSA) is 41.6 Å². The molecular formula is C9H18N2O2. The first-order valence-corrected chi connectivity index (χ1v) is 4.52. The van der Waals surface area contributed by atoms with Crippen LogP contribution in [-0.2, 0) is 4.74 Å². The quantitative estimate of drug-likeness (QED) is 0.694. The number of rotatable bonds is 2. The van der Waals surface area contributed by atoms with Crippen LogP contribution in [0, 0.1) is 0 Å². The van der Waals surface area contributed by atoms with Crippen LogP contribution in [0.2, 0.25) is 0 Å². The van der Waals surface area contributed by atoms with Crippen molar-refractivity contribution in [2.24, 2.45) is 0 Å². The lowest BCUT2D eigenvalue weighted by Gasteiger charge is -2.30. The minimum atomic E-state index is -0.105. The van der Waals surface area contributed by atoms with Crippen molar-refractivity contribution < 1.29 is 9.53 Å². The molecule has 1 atom stereocenters. The highest BCUT2D eigenvalue weighted by molar-refractivity contribution is 5.77. The van der Waals surface area contributed by atoms with Gasteiger partial charge in [-0.3, -0.25) is 0 Å². The number of carbonyl (C=O) groups excluding carboxylic acids is 1. The average Bonchev–Trinajstić information content (AvgIpc) is 2.30. The summed E-state index contributed by atoms with van der Waals surface area (Å²) in [7, 11) is 1.64. The standard InChI is InChI=1S/C9H18N2O2/c1-9(2,3)11-5-7(6-13-4)10-8(11)12/h7H,5-6H2,1-4H3,(H,10,12). The van der Waals surface area contributed by atoms with Crippen LogP contribution >= 0.6 is 0 Å². The molecule has 1 unspecified atom stereocenters. The van der Waals surface area contributed by atoms with E-state index in [1.807, 2.05) is 25.7 Å². The number of carbonyl (C=O) groups is 1. The number of methoxy groups -OCH3 is 1. The van der Waals surface area contributed by atoms with Gasteiger partial charge in [-0.15, -0.1) is 0 Å². The molecule has 0 aliphatic carbocycles. The van der Waals surface area contributed by atoms with Crippen molar-refractivity contribution >= 4 is 6.03 Å². The lowest BCUT2D eigenvalue weighted by molar-refractivity contribution is 0.154. The smallest absolute Gasteiger partial charge is 0.318 e. The third kappa shape index (κ3) is 2.34. The molecular weight excluding hydrogens is 168 g/mol. The molecule has 0 aromatic rings. The van der Waals surface area contributed by atoms with E-state index in [0.717, 1.165) is 6.54 Å². The zero-order chi connectivity index (χ0) is 10.1. The maximum Gasteiger partial charge on any atom is 0.318 e. The third-order valence-electron chi connectivity index (χ3n) is 2.15. The highest BCUT2D eigenvalue weighted by atomic mass is 16.5. The second-order valence-corrected chi connectivity index (χ2v) is 4.38. The van der Waals surface area contributed by atoms with Crippen LogP contribution < -0.4 is 5.32 Å². The van der Waals surface area contributed by atoms with E-state index in [1.54, 1.807) is 7.11 Å². The SMILES string of the molecule is COCC1CN(C(C)(C)C)C(=O)N1. The zero-order valence-electron chi connectivity index (χ0n) is 8.76. The number of amides is 2. The number of hydrogen-bond acceptors (Lipinski definition) is 2. The molecule has 0 saturated carbocycles. The molecule has 1 saturated heterocycles. The second kappa shape index (κ2) is 3.54. The maximum absolute atomic E-state index is 11.5. The minimum Gasteiger partial charge on any atom is -0.382 e. The highest BCUT2D eigenvalue weighted by Crippen LogP contribution is 2.17. The van der Waals surface area contributed by atoms with E-state index >= 15 is 0 Å². The van der Waals surface area contributed by atoms with Gasteiger partial charge in [0, 0.05) is 19.2 Å². The van der Waals surface area contributed by atoms with Gasteiger partial charge in [0.2, 0.25) is 0 Å². The molecule has 0 bridgehead atoms. The summed E-state index contributed by atoms with van der Waals surface area (Å²) in [6.45, 7) is 7.40. The predicted octanol–water partition coefficient (Wildman–Crippen LogP) is 0.825. The summed E-state index contributed by atoms with van der Waals surface area (Å²) in [6, 6.07) is 0.145. The Morgan fingerprint density at radius 1 is 1.62 bits per heavy atom. The number of hydrogen-bond donors (Lipinski definition) is 1. The molecule has 1 rings (SSSR count).